The van der Waals surface area contributed by atoms with Crippen molar-refractivity contribution in [1.29, 1.82) is 0 Å². The number of aryl methyl sites for hydroxylation is 2. The Kier molecular flexibility index (Phi) is 4.74. The van der Waals surface area contributed by atoms with Crippen molar-refractivity contribution in [3.8, 4) is 0 Å². The van der Waals surface area contributed by atoms with E-state index >= 15 is 0 Å². The molecule has 0 heterocycles. The minimum atomic E-state index is -3.43. The van der Waals surface area contributed by atoms with Gasteiger partial charge in [-0.25, -0.2) is 13.1 Å². The Morgan fingerprint density at radius 1 is 1.25 bits per heavy atom. The fraction of sp³-hybridized carbons (Fsp3) is 0.571. The number of halogens is 1. The van der Waals surface area contributed by atoms with Crippen molar-refractivity contribution in [3.63, 3.8) is 0 Å². The Balaban J connectivity index is 0.00000147. The predicted molar refractivity (Wildman–Crippen MR) is 81.6 cm³/mol. The van der Waals surface area contributed by atoms with E-state index < -0.39 is 10.0 Å². The maximum Gasteiger partial charge on any atom is 0.240 e. The average molecular weight is 317 g/mol. The van der Waals surface area contributed by atoms with Crippen molar-refractivity contribution in [1.82, 2.24) is 4.72 Å². The first-order valence-electron chi connectivity index (χ1n) is 6.94. The maximum absolute atomic E-state index is 12.4. The highest BCUT2D eigenvalue weighted by molar-refractivity contribution is 7.89. The van der Waals surface area contributed by atoms with Crippen LogP contribution in [0.25, 0.3) is 0 Å². The van der Waals surface area contributed by atoms with E-state index in [1.54, 1.807) is 6.07 Å². The smallest absolute Gasteiger partial charge is 0.240 e. The molecule has 0 amide bonds. The molecule has 0 bridgehead atoms. The molecule has 1 unspecified atom stereocenters. The number of fused-ring (bicyclic) bond motifs is 1. The number of sulfonamides is 1. The van der Waals surface area contributed by atoms with Crippen LogP contribution in [0.5, 0.6) is 0 Å². The van der Waals surface area contributed by atoms with E-state index in [2.05, 4.69) is 4.72 Å². The molecule has 0 spiro atoms. The van der Waals surface area contributed by atoms with E-state index in [4.69, 9.17) is 5.73 Å². The highest BCUT2D eigenvalue weighted by Crippen LogP contribution is 2.33. The highest BCUT2D eigenvalue weighted by atomic mass is 35.5. The van der Waals surface area contributed by atoms with Crippen LogP contribution in [0, 0.1) is 5.92 Å². The van der Waals surface area contributed by atoms with Crippen molar-refractivity contribution in [2.24, 2.45) is 11.7 Å². The Labute approximate surface area is 126 Å². The second-order valence-electron chi connectivity index (χ2n) is 5.58. The van der Waals surface area contributed by atoms with Gasteiger partial charge in [0, 0.05) is 12.6 Å². The third-order valence-electron chi connectivity index (χ3n) is 4.13. The average Bonchev–Trinajstić information content (AvgIpc) is 3.13. The van der Waals surface area contributed by atoms with Crippen LogP contribution < -0.4 is 10.5 Å². The van der Waals surface area contributed by atoms with Gasteiger partial charge in [-0.1, -0.05) is 6.07 Å². The van der Waals surface area contributed by atoms with Gasteiger partial charge in [0.25, 0.3) is 0 Å². The van der Waals surface area contributed by atoms with Crippen LogP contribution in [0.2, 0.25) is 0 Å². The van der Waals surface area contributed by atoms with Gasteiger partial charge in [-0.2, -0.15) is 0 Å². The fourth-order valence-corrected chi connectivity index (χ4v) is 4.19. The number of hydrogen-bond acceptors (Lipinski definition) is 3. The van der Waals surface area contributed by atoms with Gasteiger partial charge in [-0.15, -0.1) is 12.4 Å². The number of nitrogens with two attached hydrogens (primary N) is 1. The molecular weight excluding hydrogens is 296 g/mol. The van der Waals surface area contributed by atoms with E-state index in [9.17, 15) is 8.42 Å². The summed E-state index contributed by atoms with van der Waals surface area (Å²) in [6, 6.07) is 5.38. The van der Waals surface area contributed by atoms with Gasteiger partial charge in [0.05, 0.1) is 4.90 Å². The van der Waals surface area contributed by atoms with Crippen LogP contribution in [0.15, 0.2) is 23.1 Å². The molecule has 1 atom stereocenters. The van der Waals surface area contributed by atoms with Gasteiger partial charge in [-0.3, -0.25) is 0 Å². The summed E-state index contributed by atoms with van der Waals surface area (Å²) in [6.07, 6.45) is 5.33. The topological polar surface area (TPSA) is 72.2 Å². The molecular formula is C14H21ClN2O2S. The molecule has 4 nitrogen and oxygen atoms in total. The first-order valence-corrected chi connectivity index (χ1v) is 8.42. The lowest BCUT2D eigenvalue weighted by molar-refractivity contribution is 0.519. The Hall–Kier alpha value is -0.620. The first kappa shape index (κ1) is 15.8. The molecule has 6 heteroatoms. The molecule has 0 radical (unpaired) electrons. The SMILES string of the molecule is Cl.NCC(NS(=O)(=O)c1ccc2c(c1)CCC2)C1CC1. The Bertz CT molecular complexity index is 585. The minimum absolute atomic E-state index is 0. The van der Waals surface area contributed by atoms with E-state index in [0.717, 1.165) is 32.1 Å². The second kappa shape index (κ2) is 6.02. The number of rotatable bonds is 5. The molecule has 1 aromatic rings. The van der Waals surface area contributed by atoms with Gasteiger partial charge in [0.1, 0.15) is 0 Å². The van der Waals surface area contributed by atoms with Gasteiger partial charge in [0.15, 0.2) is 0 Å². The monoisotopic (exact) mass is 316 g/mol. The van der Waals surface area contributed by atoms with Crippen molar-refractivity contribution >= 4 is 22.4 Å². The molecule has 2 aliphatic rings. The summed E-state index contributed by atoms with van der Waals surface area (Å²) < 4.78 is 27.5. The molecule has 112 valence electrons. The van der Waals surface area contributed by atoms with Gasteiger partial charge in [0.2, 0.25) is 10.0 Å². The third-order valence-corrected chi connectivity index (χ3v) is 5.62. The van der Waals surface area contributed by atoms with Crippen LogP contribution >= 0.6 is 12.4 Å². The lowest BCUT2D eigenvalue weighted by Gasteiger charge is -2.16. The summed E-state index contributed by atoms with van der Waals surface area (Å²) in [5, 5.41) is 0. The van der Waals surface area contributed by atoms with Crippen LogP contribution in [0.3, 0.4) is 0 Å². The summed E-state index contributed by atoms with van der Waals surface area (Å²) in [5.41, 5.74) is 8.13. The zero-order chi connectivity index (χ0) is 13.5. The van der Waals surface area contributed by atoms with Crippen molar-refractivity contribution in [3.05, 3.63) is 29.3 Å². The zero-order valence-electron chi connectivity index (χ0n) is 11.3. The predicted octanol–water partition coefficient (Wildman–Crippen LogP) is 1.61. The summed E-state index contributed by atoms with van der Waals surface area (Å²) in [6.45, 7) is 0.370. The van der Waals surface area contributed by atoms with E-state index in [1.165, 1.54) is 11.1 Å². The maximum atomic E-state index is 12.4. The molecule has 0 aromatic heterocycles. The number of benzene rings is 1. The Morgan fingerprint density at radius 2 is 1.95 bits per heavy atom. The highest BCUT2D eigenvalue weighted by Gasteiger charge is 2.33. The third kappa shape index (κ3) is 3.17. The van der Waals surface area contributed by atoms with Gasteiger partial charge in [-0.05, 0) is 61.3 Å². The Morgan fingerprint density at radius 3 is 2.60 bits per heavy atom. The zero-order valence-corrected chi connectivity index (χ0v) is 13.0. The van der Waals surface area contributed by atoms with E-state index in [1.807, 2.05) is 12.1 Å². The molecule has 1 saturated carbocycles. The molecule has 2 aliphatic carbocycles. The van der Waals surface area contributed by atoms with Gasteiger partial charge >= 0.3 is 0 Å². The summed E-state index contributed by atoms with van der Waals surface area (Å²) in [7, 11) is -3.43. The number of hydrogen-bond donors (Lipinski definition) is 2. The molecule has 3 N–H and O–H groups in total. The molecule has 1 aromatic carbocycles. The second-order valence-corrected chi connectivity index (χ2v) is 7.30. The van der Waals surface area contributed by atoms with Crippen LogP contribution in [-0.2, 0) is 22.9 Å². The minimum Gasteiger partial charge on any atom is -0.329 e. The van der Waals surface area contributed by atoms with E-state index in [0.29, 0.717) is 17.4 Å². The first-order chi connectivity index (χ1) is 9.10. The fourth-order valence-electron chi connectivity index (χ4n) is 2.82. The van der Waals surface area contributed by atoms with E-state index in [-0.39, 0.29) is 18.4 Å². The lowest BCUT2D eigenvalue weighted by Crippen LogP contribution is -2.41. The van der Waals surface area contributed by atoms with Crippen LogP contribution in [0.4, 0.5) is 0 Å². The lowest BCUT2D eigenvalue weighted by atomic mass is 10.1. The largest absolute Gasteiger partial charge is 0.329 e. The molecule has 20 heavy (non-hydrogen) atoms. The quantitative estimate of drug-likeness (QED) is 0.867. The molecule has 1 fully saturated rings. The van der Waals surface area contributed by atoms with Gasteiger partial charge < -0.3 is 5.73 Å². The van der Waals surface area contributed by atoms with Crippen molar-refractivity contribution < 1.29 is 8.42 Å². The molecule has 0 aliphatic heterocycles. The normalized spacial score (nSPS) is 19.2. The number of nitrogens with one attached hydrogen (secondary N) is 1. The molecule has 3 rings (SSSR count). The van der Waals surface area contributed by atoms with Crippen molar-refractivity contribution in [2.75, 3.05) is 6.54 Å². The summed E-state index contributed by atoms with van der Waals surface area (Å²) >= 11 is 0. The molecule has 0 saturated heterocycles. The summed E-state index contributed by atoms with van der Waals surface area (Å²) in [5.74, 6) is 0.425. The standard InChI is InChI=1S/C14H20N2O2S.ClH/c15-9-14(11-4-5-11)16-19(17,18)13-7-6-10-2-1-3-12(10)8-13;/h6-8,11,14,16H,1-5,9,15H2;1H. The van der Waals surface area contributed by atoms with Crippen LogP contribution in [0.1, 0.15) is 30.4 Å². The van der Waals surface area contributed by atoms with Crippen LogP contribution in [-0.4, -0.2) is 21.0 Å². The summed E-state index contributed by atoms with van der Waals surface area (Å²) in [4.78, 5) is 0.382. The van der Waals surface area contributed by atoms with Crippen molar-refractivity contribution in [2.45, 2.75) is 43.0 Å².